The van der Waals surface area contributed by atoms with Crippen LogP contribution in [-0.4, -0.2) is 21.4 Å². The van der Waals surface area contributed by atoms with Crippen LogP contribution in [0, 0.1) is 0 Å². The molecule has 0 saturated carbocycles. The van der Waals surface area contributed by atoms with E-state index in [9.17, 15) is 13.6 Å². The summed E-state index contributed by atoms with van der Waals surface area (Å²) in [6.45, 7) is 0. The van der Waals surface area contributed by atoms with Gasteiger partial charge in [-0.2, -0.15) is 25.6 Å². The zero-order valence-corrected chi connectivity index (χ0v) is 15.7. The fourth-order valence-electron chi connectivity index (χ4n) is 2.93. The lowest BCUT2D eigenvalue weighted by atomic mass is 10.2. The third-order valence-electron chi connectivity index (χ3n) is 4.13. The summed E-state index contributed by atoms with van der Waals surface area (Å²) in [6.07, 6.45) is 0. The first-order valence-corrected chi connectivity index (χ1v) is 10.3. The van der Waals surface area contributed by atoms with Gasteiger partial charge in [-0.3, -0.25) is 4.79 Å². The molecular formula is C19H15F2N3OS2. The van der Waals surface area contributed by atoms with Crippen LogP contribution in [0.4, 0.5) is 14.6 Å². The molecule has 1 aromatic heterocycles. The lowest BCUT2D eigenvalue weighted by Crippen LogP contribution is -2.17. The van der Waals surface area contributed by atoms with Crippen LogP contribution in [0.15, 0.2) is 59.5 Å². The number of fused-ring (bicyclic) bond motifs is 1. The van der Waals surface area contributed by atoms with E-state index in [1.807, 2.05) is 30.3 Å². The Kier molecular flexibility index (Phi) is 5.18. The van der Waals surface area contributed by atoms with Crippen LogP contribution < -0.4 is 5.32 Å². The van der Waals surface area contributed by atoms with Crippen molar-refractivity contribution in [2.45, 2.75) is 22.2 Å². The lowest BCUT2D eigenvalue weighted by molar-refractivity contribution is 0.102. The molecule has 0 saturated heterocycles. The predicted octanol–water partition coefficient (Wildman–Crippen LogP) is 5.19. The number of para-hydroxylation sites is 1. The highest BCUT2D eigenvalue weighted by atomic mass is 32.2. The number of carbonyl (C=O) groups excluding carboxylic acids is 1. The van der Waals surface area contributed by atoms with E-state index in [1.165, 1.54) is 6.07 Å². The number of anilines is 1. The predicted molar refractivity (Wildman–Crippen MR) is 105 cm³/mol. The van der Waals surface area contributed by atoms with Crippen molar-refractivity contribution in [3.63, 3.8) is 0 Å². The van der Waals surface area contributed by atoms with Gasteiger partial charge in [-0.1, -0.05) is 42.1 Å². The molecule has 2 aromatic carbocycles. The van der Waals surface area contributed by atoms with E-state index in [-0.39, 0.29) is 10.5 Å². The van der Waals surface area contributed by atoms with Gasteiger partial charge in [0.25, 0.3) is 11.7 Å². The maximum absolute atomic E-state index is 12.9. The van der Waals surface area contributed by atoms with Crippen molar-refractivity contribution >= 4 is 35.2 Å². The highest BCUT2D eigenvalue weighted by Gasteiger charge is 2.25. The first-order valence-electron chi connectivity index (χ1n) is 8.22. The smallest absolute Gasteiger partial charge is 0.288 e. The van der Waals surface area contributed by atoms with E-state index in [0.29, 0.717) is 17.6 Å². The Balaban J connectivity index is 1.70. The molecular weight excluding hydrogens is 388 g/mol. The summed E-state index contributed by atoms with van der Waals surface area (Å²) in [4.78, 5) is 13.1. The summed E-state index contributed by atoms with van der Waals surface area (Å²) in [7, 11) is 0. The van der Waals surface area contributed by atoms with Gasteiger partial charge < -0.3 is 5.32 Å². The molecule has 0 fully saturated rings. The minimum Gasteiger partial charge on any atom is -0.306 e. The van der Waals surface area contributed by atoms with Crippen molar-refractivity contribution < 1.29 is 13.6 Å². The zero-order chi connectivity index (χ0) is 18.8. The van der Waals surface area contributed by atoms with Gasteiger partial charge in [0.15, 0.2) is 0 Å². The summed E-state index contributed by atoms with van der Waals surface area (Å²) < 4.78 is 27.4. The first kappa shape index (κ1) is 18.1. The monoisotopic (exact) mass is 403 g/mol. The Hall–Kier alpha value is -2.32. The minimum absolute atomic E-state index is 0.225. The first-order chi connectivity index (χ1) is 13.1. The third kappa shape index (κ3) is 3.72. The molecule has 4 rings (SSSR count). The summed E-state index contributed by atoms with van der Waals surface area (Å²) >= 11 is 2.10. The standard InChI is InChI=1S/C19H15F2N3OS2/c20-19(21)27-16-9-5-4-8-13(16)18(25)22-17-14-10-26-11-15(14)23-24(17)12-6-2-1-3-7-12/h1-9,19H,10-11H2,(H,22,25). The molecule has 2 heterocycles. The molecule has 0 aliphatic carbocycles. The number of thioether (sulfide) groups is 2. The molecule has 1 amide bonds. The SMILES string of the molecule is O=C(Nc1c2c(nn1-c1ccccc1)CSC2)c1ccccc1SC(F)F. The molecule has 0 spiro atoms. The molecule has 1 aliphatic heterocycles. The van der Waals surface area contributed by atoms with Crippen molar-refractivity contribution in [3.8, 4) is 5.69 Å². The number of amides is 1. The number of halogens is 2. The normalized spacial score (nSPS) is 13.0. The van der Waals surface area contributed by atoms with Crippen LogP contribution in [0.5, 0.6) is 0 Å². The van der Waals surface area contributed by atoms with E-state index >= 15 is 0 Å². The van der Waals surface area contributed by atoms with Crippen LogP contribution in [0.3, 0.4) is 0 Å². The van der Waals surface area contributed by atoms with E-state index in [0.717, 1.165) is 28.5 Å². The number of rotatable bonds is 5. The number of aromatic nitrogens is 2. The minimum atomic E-state index is -2.59. The molecule has 0 atom stereocenters. The van der Waals surface area contributed by atoms with Crippen LogP contribution in [0.2, 0.25) is 0 Å². The maximum Gasteiger partial charge on any atom is 0.288 e. The number of nitrogens with one attached hydrogen (secondary N) is 1. The quantitative estimate of drug-likeness (QED) is 0.596. The van der Waals surface area contributed by atoms with Gasteiger partial charge in [-0.15, -0.1) is 0 Å². The van der Waals surface area contributed by atoms with Crippen LogP contribution in [-0.2, 0) is 11.5 Å². The van der Waals surface area contributed by atoms with Crippen LogP contribution in [0.1, 0.15) is 21.6 Å². The number of carbonyl (C=O) groups is 1. The van der Waals surface area contributed by atoms with Crippen molar-refractivity contribution in [2.24, 2.45) is 0 Å². The Bertz CT molecular complexity index is 976. The molecule has 3 aromatic rings. The summed E-state index contributed by atoms with van der Waals surface area (Å²) in [6, 6.07) is 15.9. The largest absolute Gasteiger partial charge is 0.306 e. The summed E-state index contributed by atoms with van der Waals surface area (Å²) in [5.41, 5.74) is 2.98. The maximum atomic E-state index is 12.9. The highest BCUT2D eigenvalue weighted by molar-refractivity contribution is 7.99. The lowest BCUT2D eigenvalue weighted by Gasteiger charge is -2.13. The van der Waals surface area contributed by atoms with E-state index < -0.39 is 11.7 Å². The molecule has 0 radical (unpaired) electrons. The van der Waals surface area contributed by atoms with Crippen LogP contribution in [0.25, 0.3) is 5.69 Å². The van der Waals surface area contributed by atoms with Gasteiger partial charge >= 0.3 is 0 Å². The van der Waals surface area contributed by atoms with Crippen molar-refractivity contribution in [1.82, 2.24) is 9.78 Å². The van der Waals surface area contributed by atoms with Crippen molar-refractivity contribution in [1.29, 1.82) is 0 Å². The van der Waals surface area contributed by atoms with Gasteiger partial charge in [-0.25, -0.2) is 4.68 Å². The van der Waals surface area contributed by atoms with E-state index in [1.54, 1.807) is 34.6 Å². The van der Waals surface area contributed by atoms with Gasteiger partial charge in [0.2, 0.25) is 0 Å². The van der Waals surface area contributed by atoms with Gasteiger partial charge in [0, 0.05) is 22.0 Å². The molecule has 0 unspecified atom stereocenters. The molecule has 0 bridgehead atoms. The number of hydrogen-bond donors (Lipinski definition) is 1. The fourth-order valence-corrected chi connectivity index (χ4v) is 4.60. The second-order valence-electron chi connectivity index (χ2n) is 5.84. The van der Waals surface area contributed by atoms with Crippen LogP contribution >= 0.6 is 23.5 Å². The van der Waals surface area contributed by atoms with E-state index in [4.69, 9.17) is 0 Å². The Morgan fingerprint density at radius 2 is 1.85 bits per heavy atom. The van der Waals surface area contributed by atoms with Gasteiger partial charge in [0.05, 0.1) is 16.9 Å². The average Bonchev–Trinajstić information content (AvgIpc) is 3.25. The Morgan fingerprint density at radius 1 is 1.11 bits per heavy atom. The Labute approximate surface area is 163 Å². The summed E-state index contributed by atoms with van der Waals surface area (Å²) in [5, 5.41) is 7.54. The number of hydrogen-bond acceptors (Lipinski definition) is 4. The van der Waals surface area contributed by atoms with E-state index in [2.05, 4.69) is 10.4 Å². The second-order valence-corrected chi connectivity index (χ2v) is 7.86. The molecule has 4 nitrogen and oxygen atoms in total. The van der Waals surface area contributed by atoms with Gasteiger partial charge in [-0.05, 0) is 24.3 Å². The number of nitrogens with zero attached hydrogens (tertiary/aromatic N) is 2. The number of benzene rings is 2. The second kappa shape index (κ2) is 7.74. The van der Waals surface area contributed by atoms with Gasteiger partial charge in [0.1, 0.15) is 5.82 Å². The summed E-state index contributed by atoms with van der Waals surface area (Å²) in [5.74, 6) is -0.867. The topological polar surface area (TPSA) is 46.9 Å². The average molecular weight is 403 g/mol. The molecule has 138 valence electrons. The molecule has 1 aliphatic rings. The third-order valence-corrected chi connectivity index (χ3v) is 5.89. The molecule has 8 heteroatoms. The zero-order valence-electron chi connectivity index (χ0n) is 14.1. The molecule has 27 heavy (non-hydrogen) atoms. The van der Waals surface area contributed by atoms with Crippen molar-refractivity contribution in [3.05, 3.63) is 71.4 Å². The fraction of sp³-hybridized carbons (Fsp3) is 0.158. The Morgan fingerprint density at radius 3 is 2.63 bits per heavy atom. The van der Waals surface area contributed by atoms with Crippen molar-refractivity contribution in [2.75, 3.05) is 5.32 Å². The molecule has 1 N–H and O–H groups in total. The number of alkyl halides is 2. The highest BCUT2D eigenvalue weighted by Crippen LogP contribution is 2.36.